The van der Waals surface area contributed by atoms with E-state index in [4.69, 9.17) is 21.3 Å². The maximum atomic E-state index is 13.4. The number of benzene rings is 3. The summed E-state index contributed by atoms with van der Waals surface area (Å²) in [4.78, 5) is 4.88. The van der Waals surface area contributed by atoms with Gasteiger partial charge in [-0.25, -0.2) is 4.39 Å². The van der Waals surface area contributed by atoms with Gasteiger partial charge in [0, 0.05) is 28.8 Å². The van der Waals surface area contributed by atoms with E-state index in [1.54, 1.807) is 30.3 Å². The molecular formula is C24H22ClFN2O2. The Morgan fingerprint density at radius 1 is 1.10 bits per heavy atom. The minimum atomic E-state index is -0.385. The monoisotopic (exact) mass is 424 g/mol. The van der Waals surface area contributed by atoms with E-state index in [1.807, 2.05) is 31.2 Å². The molecule has 1 aliphatic rings. The summed E-state index contributed by atoms with van der Waals surface area (Å²) in [7, 11) is 0. The lowest BCUT2D eigenvalue weighted by molar-refractivity contribution is 0.340. The van der Waals surface area contributed by atoms with Crippen LogP contribution in [-0.4, -0.2) is 17.4 Å². The van der Waals surface area contributed by atoms with Crippen LogP contribution in [0.2, 0.25) is 5.02 Å². The lowest BCUT2D eigenvalue weighted by Gasteiger charge is -2.31. The number of hydrogen-bond acceptors (Lipinski definition) is 4. The molecule has 0 aliphatic carbocycles. The van der Waals surface area contributed by atoms with Gasteiger partial charge in [0.2, 0.25) is 0 Å². The fraction of sp³-hybridized carbons (Fsp3) is 0.208. The molecule has 0 aromatic heterocycles. The number of halogens is 2. The van der Waals surface area contributed by atoms with Crippen molar-refractivity contribution >= 4 is 17.3 Å². The third-order valence-corrected chi connectivity index (χ3v) is 5.33. The molecule has 0 saturated heterocycles. The Morgan fingerprint density at radius 2 is 1.83 bits per heavy atom. The largest absolute Gasteiger partial charge is 0.508 e. The lowest BCUT2D eigenvalue weighted by Crippen LogP contribution is -2.33. The second-order valence-corrected chi connectivity index (χ2v) is 7.55. The number of phenolic OH excluding ortho intramolecular Hbond substituents is 1. The van der Waals surface area contributed by atoms with E-state index >= 15 is 0 Å². The number of ether oxygens (including phenoxy) is 1. The van der Waals surface area contributed by atoms with Gasteiger partial charge in [-0.05, 0) is 72.6 Å². The number of nitrogens with zero attached hydrogens (tertiary/aromatic N) is 1. The number of hydrogen-bond donors (Lipinski definition) is 2. The van der Waals surface area contributed by atoms with Crippen molar-refractivity contribution in [3.63, 3.8) is 0 Å². The Labute approximate surface area is 180 Å². The molecule has 6 heteroatoms. The van der Waals surface area contributed by atoms with Crippen molar-refractivity contribution in [1.29, 1.82) is 0 Å². The summed E-state index contributed by atoms with van der Waals surface area (Å²) in [6.07, 6.45) is 0.184. The van der Waals surface area contributed by atoms with Crippen LogP contribution in [0, 0.1) is 5.82 Å². The van der Waals surface area contributed by atoms with Crippen molar-refractivity contribution < 1.29 is 14.2 Å². The molecule has 4 rings (SSSR count). The molecular weight excluding hydrogens is 403 g/mol. The third-order valence-electron chi connectivity index (χ3n) is 5.09. The Kier molecular flexibility index (Phi) is 6.02. The molecule has 1 aliphatic heterocycles. The molecule has 154 valence electrons. The summed E-state index contributed by atoms with van der Waals surface area (Å²) in [6.45, 7) is 2.55. The summed E-state index contributed by atoms with van der Waals surface area (Å²) >= 11 is 6.18. The maximum absolute atomic E-state index is 13.4. The number of rotatable bonds is 5. The molecule has 1 heterocycles. The highest BCUT2D eigenvalue weighted by molar-refractivity contribution is 6.30. The summed E-state index contributed by atoms with van der Waals surface area (Å²) in [5.74, 6) is 0.673. The smallest absolute Gasteiger partial charge is 0.126 e. The summed E-state index contributed by atoms with van der Waals surface area (Å²) in [5.41, 5.74) is 3.40. The van der Waals surface area contributed by atoms with E-state index in [2.05, 4.69) is 5.32 Å². The standard InChI is InChI=1S/C24H22ClFN2O2/c1-2-30-19-10-5-15(6-11-19)21-14-22(20-13-17(25)7-12-23(20)29)28-24(27-21)16-3-8-18(26)9-4-16/h3-13,22,24,28-29H,2,14H2,1H3/t22-,24-/m0/s1. The van der Waals surface area contributed by atoms with Crippen LogP contribution in [0.5, 0.6) is 11.5 Å². The van der Waals surface area contributed by atoms with Crippen LogP contribution in [-0.2, 0) is 0 Å². The van der Waals surface area contributed by atoms with Crippen molar-refractivity contribution in [3.05, 3.63) is 94.3 Å². The molecule has 0 spiro atoms. The van der Waals surface area contributed by atoms with Gasteiger partial charge in [-0.1, -0.05) is 23.7 Å². The fourth-order valence-corrected chi connectivity index (χ4v) is 3.79. The summed E-state index contributed by atoms with van der Waals surface area (Å²) in [6, 6.07) is 18.9. The van der Waals surface area contributed by atoms with E-state index in [1.165, 1.54) is 12.1 Å². The molecule has 0 bridgehead atoms. The lowest BCUT2D eigenvalue weighted by atomic mass is 9.93. The van der Waals surface area contributed by atoms with E-state index in [9.17, 15) is 9.50 Å². The van der Waals surface area contributed by atoms with Crippen molar-refractivity contribution in [2.24, 2.45) is 4.99 Å². The van der Waals surface area contributed by atoms with Gasteiger partial charge in [0.15, 0.2) is 0 Å². The highest BCUT2D eigenvalue weighted by Gasteiger charge is 2.28. The molecule has 0 unspecified atom stereocenters. The average molecular weight is 425 g/mol. The van der Waals surface area contributed by atoms with Crippen LogP contribution in [0.1, 0.15) is 42.2 Å². The minimum absolute atomic E-state index is 0.169. The zero-order chi connectivity index (χ0) is 21.1. The van der Waals surface area contributed by atoms with Gasteiger partial charge in [-0.3, -0.25) is 10.3 Å². The number of aromatic hydroxyl groups is 1. The van der Waals surface area contributed by atoms with Crippen molar-refractivity contribution in [2.45, 2.75) is 25.6 Å². The molecule has 0 saturated carbocycles. The first kappa shape index (κ1) is 20.4. The van der Waals surface area contributed by atoms with Crippen molar-refractivity contribution in [1.82, 2.24) is 5.32 Å². The SMILES string of the molecule is CCOc1ccc(C2=N[C@H](c3ccc(F)cc3)N[C@H](c3cc(Cl)ccc3O)C2)cc1. The Morgan fingerprint density at radius 3 is 2.53 bits per heavy atom. The van der Waals surface area contributed by atoms with Gasteiger partial charge in [-0.15, -0.1) is 0 Å². The number of nitrogens with one attached hydrogen (secondary N) is 1. The van der Waals surface area contributed by atoms with Gasteiger partial charge < -0.3 is 9.84 Å². The van der Waals surface area contributed by atoms with Gasteiger partial charge in [0.1, 0.15) is 23.5 Å². The average Bonchev–Trinajstić information content (AvgIpc) is 2.76. The van der Waals surface area contributed by atoms with Crippen molar-refractivity contribution in [3.8, 4) is 11.5 Å². The molecule has 4 nitrogen and oxygen atoms in total. The number of aliphatic imine (C=N–C) groups is 1. The van der Waals surface area contributed by atoms with E-state index in [-0.39, 0.29) is 23.8 Å². The normalized spacial score (nSPS) is 18.7. The van der Waals surface area contributed by atoms with Crippen molar-refractivity contribution in [2.75, 3.05) is 6.61 Å². The summed E-state index contributed by atoms with van der Waals surface area (Å²) in [5, 5.41) is 14.4. The van der Waals surface area contributed by atoms with Crippen LogP contribution in [0.15, 0.2) is 71.7 Å². The third kappa shape index (κ3) is 4.48. The predicted octanol–water partition coefficient (Wildman–Crippen LogP) is 5.81. The fourth-order valence-electron chi connectivity index (χ4n) is 3.61. The molecule has 2 atom stereocenters. The quantitative estimate of drug-likeness (QED) is 0.543. The van der Waals surface area contributed by atoms with Crippen LogP contribution >= 0.6 is 11.6 Å². The van der Waals surface area contributed by atoms with E-state index in [0.717, 1.165) is 22.6 Å². The Balaban J connectivity index is 1.72. The number of phenols is 1. The second kappa shape index (κ2) is 8.86. The first-order chi connectivity index (χ1) is 14.5. The minimum Gasteiger partial charge on any atom is -0.508 e. The van der Waals surface area contributed by atoms with E-state index < -0.39 is 0 Å². The van der Waals surface area contributed by atoms with Gasteiger partial charge in [0.05, 0.1) is 6.61 Å². The van der Waals surface area contributed by atoms with Crippen LogP contribution < -0.4 is 10.1 Å². The highest BCUT2D eigenvalue weighted by atomic mass is 35.5. The Bertz CT molecular complexity index is 1050. The van der Waals surface area contributed by atoms with Crippen LogP contribution in [0.3, 0.4) is 0 Å². The zero-order valence-corrected chi connectivity index (χ0v) is 17.2. The highest BCUT2D eigenvalue weighted by Crippen LogP contribution is 2.36. The van der Waals surface area contributed by atoms with Crippen LogP contribution in [0.25, 0.3) is 0 Å². The topological polar surface area (TPSA) is 53.8 Å². The molecule has 0 radical (unpaired) electrons. The molecule has 0 fully saturated rings. The van der Waals surface area contributed by atoms with Gasteiger partial charge >= 0.3 is 0 Å². The van der Waals surface area contributed by atoms with Gasteiger partial charge in [-0.2, -0.15) is 0 Å². The predicted molar refractivity (Wildman–Crippen MR) is 117 cm³/mol. The first-order valence-corrected chi connectivity index (χ1v) is 10.2. The van der Waals surface area contributed by atoms with E-state index in [0.29, 0.717) is 23.6 Å². The molecule has 3 aromatic rings. The summed E-state index contributed by atoms with van der Waals surface area (Å²) < 4.78 is 19.0. The molecule has 0 amide bonds. The molecule has 2 N–H and O–H groups in total. The second-order valence-electron chi connectivity index (χ2n) is 7.11. The van der Waals surface area contributed by atoms with Crippen LogP contribution in [0.4, 0.5) is 4.39 Å². The molecule has 3 aromatic carbocycles. The Hall–Kier alpha value is -2.89. The molecule has 30 heavy (non-hydrogen) atoms. The van der Waals surface area contributed by atoms with Gasteiger partial charge in [0.25, 0.3) is 0 Å². The maximum Gasteiger partial charge on any atom is 0.126 e. The first-order valence-electron chi connectivity index (χ1n) is 9.83. The zero-order valence-electron chi connectivity index (χ0n) is 16.5.